The minimum atomic E-state index is -1.18. The lowest BCUT2D eigenvalue weighted by molar-refractivity contribution is 0.0910. The highest BCUT2D eigenvalue weighted by Crippen LogP contribution is 2.23. The van der Waals surface area contributed by atoms with E-state index in [1.54, 1.807) is 6.92 Å². The van der Waals surface area contributed by atoms with Gasteiger partial charge in [0.15, 0.2) is 0 Å². The molecule has 0 spiro atoms. The van der Waals surface area contributed by atoms with Gasteiger partial charge < -0.3 is 15.5 Å². The molecule has 4 nitrogen and oxygen atoms in total. The zero-order chi connectivity index (χ0) is 17.9. The third-order valence-electron chi connectivity index (χ3n) is 3.47. The topological polar surface area (TPSA) is 69.6 Å². The Morgan fingerprint density at radius 2 is 1.75 bits per heavy atom. The van der Waals surface area contributed by atoms with E-state index in [0.29, 0.717) is 17.7 Å². The molecule has 0 fully saturated rings. The number of carbonyl (C=O) groups is 1. The molecule has 0 saturated carbocycles. The monoisotopic (exact) mass is 339 g/mol. The molecule has 2 aromatic carbocycles. The molecule has 0 radical (unpaired) electrons. The van der Waals surface area contributed by atoms with Crippen LogP contribution < -0.4 is 5.32 Å². The summed E-state index contributed by atoms with van der Waals surface area (Å²) in [6.45, 7) is 1.57. The van der Waals surface area contributed by atoms with Crippen molar-refractivity contribution in [1.82, 2.24) is 5.32 Å². The fraction of sp³-hybridized carbons (Fsp3) is 0.235. The Balaban J connectivity index is 2.03. The Labute approximate surface area is 136 Å². The van der Waals surface area contributed by atoms with Crippen LogP contribution in [0.15, 0.2) is 36.4 Å². The Hall–Kier alpha value is -2.54. The molecular formula is C17H16F3NO3. The van der Waals surface area contributed by atoms with Crippen LogP contribution in [-0.2, 0) is 0 Å². The molecule has 0 aromatic heterocycles. The maximum absolute atomic E-state index is 13.6. The number of benzene rings is 2. The second-order valence-electron chi connectivity index (χ2n) is 5.46. The maximum atomic E-state index is 13.6. The maximum Gasteiger partial charge on any atom is 0.258 e. The van der Waals surface area contributed by atoms with E-state index in [-0.39, 0.29) is 6.42 Å². The minimum Gasteiger partial charge on any atom is -0.507 e. The number of carbonyl (C=O) groups excluding carboxylic acids is 1. The van der Waals surface area contributed by atoms with E-state index < -0.39 is 46.8 Å². The number of aliphatic hydroxyl groups is 1. The standard InChI is InChI=1S/C17H16F3NO3/c1-9(6-14(22)10-2-4-11(18)5-3-10)21-17(24)16-13(20)7-12(19)8-15(16)23/h2-5,7-9,14,22-23H,6H2,1H3,(H,21,24). The zero-order valence-corrected chi connectivity index (χ0v) is 12.8. The highest BCUT2D eigenvalue weighted by Gasteiger charge is 2.21. The Kier molecular flexibility index (Phi) is 5.46. The highest BCUT2D eigenvalue weighted by atomic mass is 19.1. The number of phenols is 1. The van der Waals surface area contributed by atoms with Gasteiger partial charge in [-0.3, -0.25) is 4.79 Å². The highest BCUT2D eigenvalue weighted by molar-refractivity contribution is 5.97. The van der Waals surface area contributed by atoms with Crippen LogP contribution in [0, 0.1) is 17.5 Å². The molecule has 0 saturated heterocycles. The van der Waals surface area contributed by atoms with Crippen molar-refractivity contribution in [2.24, 2.45) is 0 Å². The summed E-state index contributed by atoms with van der Waals surface area (Å²) in [5.41, 5.74) is -0.201. The number of rotatable bonds is 5. The van der Waals surface area contributed by atoms with Crippen molar-refractivity contribution in [3.05, 3.63) is 65.0 Å². The molecule has 3 N–H and O–H groups in total. The number of hydrogen-bond donors (Lipinski definition) is 3. The van der Waals surface area contributed by atoms with Crippen LogP contribution in [0.1, 0.15) is 35.4 Å². The number of aliphatic hydroxyl groups excluding tert-OH is 1. The van der Waals surface area contributed by atoms with Gasteiger partial charge in [0, 0.05) is 18.2 Å². The van der Waals surface area contributed by atoms with E-state index in [1.165, 1.54) is 24.3 Å². The fourth-order valence-corrected chi connectivity index (χ4v) is 2.30. The third-order valence-corrected chi connectivity index (χ3v) is 3.47. The molecular weight excluding hydrogens is 323 g/mol. The summed E-state index contributed by atoms with van der Waals surface area (Å²) in [5, 5.41) is 22.0. The first-order chi connectivity index (χ1) is 11.3. The second kappa shape index (κ2) is 7.35. The van der Waals surface area contributed by atoms with Crippen molar-refractivity contribution in [1.29, 1.82) is 0 Å². The van der Waals surface area contributed by atoms with Gasteiger partial charge in [0.2, 0.25) is 0 Å². The first-order valence-corrected chi connectivity index (χ1v) is 7.20. The average Bonchev–Trinajstić information content (AvgIpc) is 2.46. The van der Waals surface area contributed by atoms with Gasteiger partial charge in [-0.15, -0.1) is 0 Å². The Morgan fingerprint density at radius 1 is 1.12 bits per heavy atom. The molecule has 2 atom stereocenters. The minimum absolute atomic E-state index is 0.0843. The smallest absolute Gasteiger partial charge is 0.258 e. The number of aromatic hydroxyl groups is 1. The van der Waals surface area contributed by atoms with Crippen LogP contribution in [0.4, 0.5) is 13.2 Å². The van der Waals surface area contributed by atoms with Gasteiger partial charge in [-0.2, -0.15) is 0 Å². The van der Waals surface area contributed by atoms with Crippen LogP contribution in [0.2, 0.25) is 0 Å². The van der Waals surface area contributed by atoms with E-state index in [9.17, 15) is 28.2 Å². The number of nitrogens with one attached hydrogen (secondary N) is 1. The molecule has 0 bridgehead atoms. The number of halogens is 3. The van der Waals surface area contributed by atoms with Crippen LogP contribution in [0.3, 0.4) is 0 Å². The van der Waals surface area contributed by atoms with Crippen LogP contribution >= 0.6 is 0 Å². The molecule has 0 heterocycles. The summed E-state index contributed by atoms with van der Waals surface area (Å²) in [6.07, 6.45) is -0.881. The SMILES string of the molecule is CC(CC(O)c1ccc(F)cc1)NC(=O)c1c(O)cc(F)cc1F. The van der Waals surface area contributed by atoms with Gasteiger partial charge in [-0.25, -0.2) is 13.2 Å². The van der Waals surface area contributed by atoms with Crippen molar-refractivity contribution in [3.63, 3.8) is 0 Å². The van der Waals surface area contributed by atoms with E-state index in [1.807, 2.05) is 0 Å². The van der Waals surface area contributed by atoms with Crippen LogP contribution in [0.5, 0.6) is 5.75 Å². The predicted molar refractivity (Wildman–Crippen MR) is 80.9 cm³/mol. The lowest BCUT2D eigenvalue weighted by Gasteiger charge is -2.18. The van der Waals surface area contributed by atoms with Crippen molar-refractivity contribution < 1.29 is 28.2 Å². The van der Waals surface area contributed by atoms with E-state index in [4.69, 9.17) is 0 Å². The van der Waals surface area contributed by atoms with Gasteiger partial charge in [0.25, 0.3) is 5.91 Å². The summed E-state index contributed by atoms with van der Waals surface area (Å²) in [6, 6.07) is 5.78. The van der Waals surface area contributed by atoms with Gasteiger partial charge in [-0.05, 0) is 31.0 Å². The Bertz CT molecular complexity index is 711. The van der Waals surface area contributed by atoms with Crippen molar-refractivity contribution in [2.45, 2.75) is 25.5 Å². The van der Waals surface area contributed by atoms with Crippen LogP contribution in [0.25, 0.3) is 0 Å². The van der Waals surface area contributed by atoms with E-state index >= 15 is 0 Å². The molecule has 2 aromatic rings. The number of phenolic OH excluding ortho intramolecular Hbond substituents is 1. The lowest BCUT2D eigenvalue weighted by atomic mass is 10.0. The molecule has 2 unspecified atom stereocenters. The van der Waals surface area contributed by atoms with Gasteiger partial charge in [-0.1, -0.05) is 12.1 Å². The van der Waals surface area contributed by atoms with Gasteiger partial charge >= 0.3 is 0 Å². The first kappa shape index (κ1) is 17.8. The molecule has 1 amide bonds. The fourth-order valence-electron chi connectivity index (χ4n) is 2.30. The van der Waals surface area contributed by atoms with E-state index in [2.05, 4.69) is 5.32 Å². The predicted octanol–water partition coefficient (Wildman–Crippen LogP) is 3.05. The summed E-state index contributed by atoms with van der Waals surface area (Å²) >= 11 is 0. The summed E-state index contributed by atoms with van der Waals surface area (Å²) < 4.78 is 39.4. The van der Waals surface area contributed by atoms with E-state index in [0.717, 1.165) is 0 Å². The van der Waals surface area contributed by atoms with Crippen molar-refractivity contribution >= 4 is 5.91 Å². The summed E-state index contributed by atoms with van der Waals surface area (Å²) in [5.74, 6) is -4.35. The molecule has 0 aliphatic carbocycles. The van der Waals surface area contributed by atoms with Gasteiger partial charge in [0.05, 0.1) is 6.10 Å². The average molecular weight is 339 g/mol. The largest absolute Gasteiger partial charge is 0.507 e. The van der Waals surface area contributed by atoms with Crippen molar-refractivity contribution in [3.8, 4) is 5.75 Å². The molecule has 128 valence electrons. The number of hydrogen-bond acceptors (Lipinski definition) is 3. The lowest BCUT2D eigenvalue weighted by Crippen LogP contribution is -2.34. The molecule has 0 aliphatic rings. The normalized spacial score (nSPS) is 13.4. The van der Waals surface area contributed by atoms with Crippen LogP contribution in [-0.4, -0.2) is 22.2 Å². The first-order valence-electron chi connectivity index (χ1n) is 7.20. The quantitative estimate of drug-likeness (QED) is 0.784. The Morgan fingerprint density at radius 3 is 2.33 bits per heavy atom. The summed E-state index contributed by atoms with van der Waals surface area (Å²) in [7, 11) is 0. The molecule has 2 rings (SSSR count). The molecule has 0 aliphatic heterocycles. The molecule has 7 heteroatoms. The zero-order valence-electron chi connectivity index (χ0n) is 12.8. The van der Waals surface area contributed by atoms with Crippen molar-refractivity contribution in [2.75, 3.05) is 0 Å². The number of amides is 1. The second-order valence-corrected chi connectivity index (χ2v) is 5.46. The summed E-state index contributed by atoms with van der Waals surface area (Å²) in [4.78, 5) is 12.0. The third kappa shape index (κ3) is 4.26. The molecule has 24 heavy (non-hydrogen) atoms. The van der Waals surface area contributed by atoms with Gasteiger partial charge in [0.1, 0.15) is 28.8 Å².